The summed E-state index contributed by atoms with van der Waals surface area (Å²) in [5, 5.41) is 3.30. The molecule has 0 bridgehead atoms. The van der Waals surface area contributed by atoms with E-state index in [1.807, 2.05) is 29.2 Å². The summed E-state index contributed by atoms with van der Waals surface area (Å²) in [6.45, 7) is 4.87. The normalized spacial score (nSPS) is 28.6. The van der Waals surface area contributed by atoms with E-state index in [2.05, 4.69) is 19.2 Å². The van der Waals surface area contributed by atoms with Crippen molar-refractivity contribution in [1.82, 2.24) is 10.2 Å². The largest absolute Gasteiger partial charge is 0.497 e. The Morgan fingerprint density at radius 2 is 1.95 bits per heavy atom. The number of hydrogen-bond acceptors (Lipinski definition) is 3. The van der Waals surface area contributed by atoms with E-state index in [1.54, 1.807) is 7.11 Å². The maximum atomic E-state index is 12.1. The van der Waals surface area contributed by atoms with Crippen molar-refractivity contribution in [2.45, 2.75) is 32.5 Å². The van der Waals surface area contributed by atoms with E-state index in [9.17, 15) is 4.79 Å². The van der Waals surface area contributed by atoms with Crippen LogP contribution in [0.4, 0.5) is 0 Å². The number of carbonyl (C=O) groups is 1. The summed E-state index contributed by atoms with van der Waals surface area (Å²) in [7, 11) is 1.66. The van der Waals surface area contributed by atoms with Gasteiger partial charge >= 0.3 is 0 Å². The van der Waals surface area contributed by atoms with Gasteiger partial charge in [-0.15, -0.1) is 0 Å². The molecule has 102 valence electrons. The van der Waals surface area contributed by atoms with Crippen LogP contribution in [0.5, 0.6) is 5.75 Å². The van der Waals surface area contributed by atoms with E-state index in [4.69, 9.17) is 4.74 Å². The molecule has 0 spiro atoms. The molecular formula is C15H20N2O2. The first-order chi connectivity index (χ1) is 9.03. The summed E-state index contributed by atoms with van der Waals surface area (Å²) in [4.78, 5) is 14.1. The van der Waals surface area contributed by atoms with Crippen molar-refractivity contribution in [2.75, 3.05) is 13.7 Å². The van der Waals surface area contributed by atoms with Crippen molar-refractivity contribution >= 4 is 5.91 Å². The maximum absolute atomic E-state index is 12.1. The maximum Gasteiger partial charge on any atom is 0.238 e. The van der Waals surface area contributed by atoms with Gasteiger partial charge in [0.25, 0.3) is 0 Å². The van der Waals surface area contributed by atoms with Crippen LogP contribution in [0.1, 0.15) is 32.0 Å². The average Bonchev–Trinajstić information content (AvgIpc) is 2.85. The SMILES string of the molecule is COc1ccc(C2NCC(=O)N2C2CC2(C)C)cc1. The highest BCUT2D eigenvalue weighted by molar-refractivity contribution is 5.81. The van der Waals surface area contributed by atoms with E-state index in [-0.39, 0.29) is 17.5 Å². The second-order valence-corrected chi connectivity index (χ2v) is 6.07. The second-order valence-electron chi connectivity index (χ2n) is 6.07. The van der Waals surface area contributed by atoms with Crippen LogP contribution in [0.25, 0.3) is 0 Å². The fourth-order valence-electron chi connectivity index (χ4n) is 2.85. The number of nitrogens with one attached hydrogen (secondary N) is 1. The molecule has 1 saturated carbocycles. The highest BCUT2D eigenvalue weighted by Crippen LogP contribution is 2.51. The number of amides is 1. The number of ether oxygens (including phenoxy) is 1. The monoisotopic (exact) mass is 260 g/mol. The van der Waals surface area contributed by atoms with Crippen molar-refractivity contribution in [3.63, 3.8) is 0 Å². The van der Waals surface area contributed by atoms with Gasteiger partial charge in [-0.1, -0.05) is 26.0 Å². The Hall–Kier alpha value is -1.55. The zero-order valence-electron chi connectivity index (χ0n) is 11.6. The van der Waals surface area contributed by atoms with Gasteiger partial charge in [0, 0.05) is 6.04 Å². The quantitative estimate of drug-likeness (QED) is 0.903. The lowest BCUT2D eigenvalue weighted by molar-refractivity contribution is -0.129. The number of carbonyl (C=O) groups excluding carboxylic acids is 1. The first-order valence-electron chi connectivity index (χ1n) is 6.71. The van der Waals surface area contributed by atoms with Gasteiger partial charge < -0.3 is 9.64 Å². The summed E-state index contributed by atoms with van der Waals surface area (Å²) >= 11 is 0. The first kappa shape index (κ1) is 12.5. The first-order valence-corrected chi connectivity index (χ1v) is 6.71. The summed E-state index contributed by atoms with van der Waals surface area (Å²) in [5.41, 5.74) is 1.38. The zero-order chi connectivity index (χ0) is 13.6. The molecule has 0 aromatic heterocycles. The summed E-state index contributed by atoms with van der Waals surface area (Å²) < 4.78 is 5.17. The Morgan fingerprint density at radius 1 is 1.32 bits per heavy atom. The van der Waals surface area contributed by atoms with E-state index >= 15 is 0 Å². The fraction of sp³-hybridized carbons (Fsp3) is 0.533. The standard InChI is InChI=1S/C15H20N2O2/c1-15(2)8-12(15)17-13(18)9-16-14(17)10-4-6-11(19-3)7-5-10/h4-7,12,14,16H,8-9H2,1-3H3. The Morgan fingerprint density at radius 3 is 2.47 bits per heavy atom. The third kappa shape index (κ3) is 2.10. The molecule has 4 nitrogen and oxygen atoms in total. The van der Waals surface area contributed by atoms with Crippen molar-refractivity contribution in [1.29, 1.82) is 0 Å². The van der Waals surface area contributed by atoms with Crippen molar-refractivity contribution in [2.24, 2.45) is 5.41 Å². The van der Waals surface area contributed by atoms with Crippen molar-refractivity contribution in [3.8, 4) is 5.75 Å². The van der Waals surface area contributed by atoms with E-state index in [0.717, 1.165) is 17.7 Å². The molecule has 1 aliphatic carbocycles. The topological polar surface area (TPSA) is 41.6 Å². The highest BCUT2D eigenvalue weighted by atomic mass is 16.5. The van der Waals surface area contributed by atoms with Gasteiger partial charge in [-0.2, -0.15) is 0 Å². The molecule has 1 saturated heterocycles. The molecule has 1 N–H and O–H groups in total. The molecule has 1 aromatic rings. The molecule has 1 aliphatic heterocycles. The van der Waals surface area contributed by atoms with Crippen LogP contribution < -0.4 is 10.1 Å². The summed E-state index contributed by atoms with van der Waals surface area (Å²) in [6.07, 6.45) is 1.10. The lowest BCUT2D eigenvalue weighted by Crippen LogP contribution is -2.34. The molecule has 2 unspecified atom stereocenters. The summed E-state index contributed by atoms with van der Waals surface area (Å²) in [5.74, 6) is 1.04. The molecule has 1 amide bonds. The van der Waals surface area contributed by atoms with Crippen LogP contribution in [-0.2, 0) is 4.79 Å². The Kier molecular flexibility index (Phi) is 2.78. The van der Waals surface area contributed by atoms with Crippen LogP contribution in [0.2, 0.25) is 0 Å². The van der Waals surface area contributed by atoms with E-state index < -0.39 is 0 Å². The van der Waals surface area contributed by atoms with Crippen molar-refractivity contribution < 1.29 is 9.53 Å². The minimum absolute atomic E-state index is 0.00480. The van der Waals surface area contributed by atoms with E-state index in [0.29, 0.717) is 12.6 Å². The molecule has 3 rings (SSSR count). The van der Waals surface area contributed by atoms with Gasteiger partial charge in [-0.05, 0) is 29.5 Å². The minimum atomic E-state index is 0.00480. The van der Waals surface area contributed by atoms with Crippen LogP contribution >= 0.6 is 0 Å². The van der Waals surface area contributed by atoms with Gasteiger partial charge in [0.1, 0.15) is 11.9 Å². The van der Waals surface area contributed by atoms with Gasteiger partial charge in [-0.3, -0.25) is 10.1 Å². The molecule has 2 atom stereocenters. The van der Waals surface area contributed by atoms with Gasteiger partial charge in [-0.25, -0.2) is 0 Å². The third-order valence-corrected chi connectivity index (χ3v) is 4.24. The van der Waals surface area contributed by atoms with E-state index in [1.165, 1.54) is 0 Å². The lowest BCUT2D eigenvalue weighted by atomic mass is 10.1. The molecule has 4 heteroatoms. The smallest absolute Gasteiger partial charge is 0.238 e. The molecule has 2 aliphatic rings. The lowest BCUT2D eigenvalue weighted by Gasteiger charge is -2.26. The van der Waals surface area contributed by atoms with Crippen LogP contribution in [0.3, 0.4) is 0 Å². The fourth-order valence-corrected chi connectivity index (χ4v) is 2.85. The van der Waals surface area contributed by atoms with Gasteiger partial charge in [0.15, 0.2) is 0 Å². The molecule has 2 fully saturated rings. The predicted octanol–water partition coefficient (Wildman–Crippen LogP) is 1.92. The molecule has 1 heterocycles. The third-order valence-electron chi connectivity index (χ3n) is 4.24. The zero-order valence-corrected chi connectivity index (χ0v) is 11.6. The van der Waals surface area contributed by atoms with Crippen LogP contribution in [0.15, 0.2) is 24.3 Å². The number of benzene rings is 1. The predicted molar refractivity (Wildman–Crippen MR) is 72.8 cm³/mol. The van der Waals surface area contributed by atoms with Crippen molar-refractivity contribution in [3.05, 3.63) is 29.8 Å². The van der Waals surface area contributed by atoms with Crippen LogP contribution in [0, 0.1) is 5.41 Å². The van der Waals surface area contributed by atoms with Gasteiger partial charge in [0.05, 0.1) is 13.7 Å². The number of rotatable bonds is 3. The highest BCUT2D eigenvalue weighted by Gasteiger charge is 2.54. The average molecular weight is 260 g/mol. The number of methoxy groups -OCH3 is 1. The minimum Gasteiger partial charge on any atom is -0.497 e. The Balaban J connectivity index is 1.84. The molecular weight excluding hydrogens is 240 g/mol. The molecule has 19 heavy (non-hydrogen) atoms. The second kappa shape index (κ2) is 4.23. The number of hydrogen-bond donors (Lipinski definition) is 1. The molecule has 0 radical (unpaired) electrons. The van der Waals surface area contributed by atoms with Gasteiger partial charge in [0.2, 0.25) is 5.91 Å². The Bertz CT molecular complexity index is 495. The Labute approximate surface area is 113 Å². The molecule has 1 aromatic carbocycles. The number of nitrogens with zero attached hydrogens (tertiary/aromatic N) is 1. The summed E-state index contributed by atoms with van der Waals surface area (Å²) in [6, 6.07) is 8.29. The van der Waals surface area contributed by atoms with Crippen LogP contribution in [-0.4, -0.2) is 30.5 Å².